The average Bonchev–Trinajstić information content (AvgIpc) is 3.55. The second-order valence-corrected chi connectivity index (χ2v) is 9.45. The second kappa shape index (κ2) is 8.76. The lowest BCUT2D eigenvalue weighted by molar-refractivity contribution is -0.177. The first-order chi connectivity index (χ1) is 16.4. The lowest BCUT2D eigenvalue weighted by Crippen LogP contribution is -2.56. The zero-order chi connectivity index (χ0) is 23.9. The summed E-state index contributed by atoms with van der Waals surface area (Å²) in [7, 11) is 0. The van der Waals surface area contributed by atoms with Crippen molar-refractivity contribution < 1.29 is 29.0 Å². The summed E-state index contributed by atoms with van der Waals surface area (Å²) in [6.45, 7) is 2.69. The van der Waals surface area contributed by atoms with Crippen molar-refractivity contribution in [3.05, 3.63) is 59.7 Å². The van der Waals surface area contributed by atoms with E-state index in [1.54, 1.807) is 4.90 Å². The molecule has 1 heterocycles. The number of carboxylic acid groups (broad SMARTS) is 1. The zero-order valence-electron chi connectivity index (χ0n) is 19.0. The molecule has 34 heavy (non-hydrogen) atoms. The molecule has 2 fully saturated rings. The van der Waals surface area contributed by atoms with Crippen LogP contribution in [0.3, 0.4) is 0 Å². The third-order valence-electron chi connectivity index (χ3n) is 7.13. The molecule has 8 heteroatoms. The summed E-state index contributed by atoms with van der Waals surface area (Å²) in [4.78, 5) is 38.2. The number of morpholine rings is 1. The van der Waals surface area contributed by atoms with Crippen LogP contribution >= 0.6 is 0 Å². The fraction of sp³-hybridized carbons (Fsp3) is 0.423. The molecule has 0 aromatic heterocycles. The van der Waals surface area contributed by atoms with Gasteiger partial charge in [0.15, 0.2) is 5.60 Å². The van der Waals surface area contributed by atoms with E-state index >= 15 is 0 Å². The molecule has 1 aliphatic heterocycles. The van der Waals surface area contributed by atoms with Crippen LogP contribution in [0.5, 0.6) is 0 Å². The van der Waals surface area contributed by atoms with Crippen molar-refractivity contribution in [1.29, 1.82) is 0 Å². The molecule has 2 amide bonds. The Morgan fingerprint density at radius 2 is 1.76 bits per heavy atom. The first-order valence-electron chi connectivity index (χ1n) is 11.6. The number of carbonyl (C=O) groups is 3. The SMILES string of the molecule is CC1(C(=O)O)CN(C(=O)C2CC2CNC(=O)OCC2c3ccccc3-c3ccccc32)CCO1. The monoisotopic (exact) mass is 464 g/mol. The zero-order valence-corrected chi connectivity index (χ0v) is 19.0. The molecule has 3 unspecified atom stereocenters. The van der Waals surface area contributed by atoms with Crippen molar-refractivity contribution in [2.75, 3.05) is 32.8 Å². The Morgan fingerprint density at radius 1 is 1.12 bits per heavy atom. The van der Waals surface area contributed by atoms with Gasteiger partial charge in [0.25, 0.3) is 0 Å². The number of rotatable bonds is 6. The number of fused-ring (bicyclic) bond motifs is 3. The number of carbonyl (C=O) groups excluding carboxylic acids is 2. The Morgan fingerprint density at radius 3 is 2.41 bits per heavy atom. The average molecular weight is 465 g/mol. The van der Waals surface area contributed by atoms with Gasteiger partial charge in [-0.25, -0.2) is 9.59 Å². The molecule has 3 atom stereocenters. The molecule has 1 saturated carbocycles. The molecule has 2 aromatic carbocycles. The van der Waals surface area contributed by atoms with Crippen molar-refractivity contribution in [2.45, 2.75) is 24.9 Å². The smallest absolute Gasteiger partial charge is 0.407 e. The number of nitrogens with zero attached hydrogens (tertiary/aromatic N) is 1. The van der Waals surface area contributed by atoms with Gasteiger partial charge in [-0.15, -0.1) is 0 Å². The van der Waals surface area contributed by atoms with Crippen molar-refractivity contribution in [3.8, 4) is 11.1 Å². The van der Waals surface area contributed by atoms with Gasteiger partial charge in [0.05, 0.1) is 13.2 Å². The predicted octanol–water partition coefficient (Wildman–Crippen LogP) is 2.86. The van der Waals surface area contributed by atoms with Crippen LogP contribution in [0, 0.1) is 11.8 Å². The molecule has 178 valence electrons. The first kappa shape index (κ1) is 22.4. The fourth-order valence-electron chi connectivity index (χ4n) is 5.06. The number of aliphatic carboxylic acids is 1. The maximum absolute atomic E-state index is 12.8. The van der Waals surface area contributed by atoms with Gasteiger partial charge in [-0.1, -0.05) is 48.5 Å². The number of hydrogen-bond donors (Lipinski definition) is 2. The van der Waals surface area contributed by atoms with Gasteiger partial charge < -0.3 is 24.8 Å². The van der Waals surface area contributed by atoms with Gasteiger partial charge >= 0.3 is 12.1 Å². The quantitative estimate of drug-likeness (QED) is 0.681. The van der Waals surface area contributed by atoms with Crippen molar-refractivity contribution >= 4 is 18.0 Å². The molecular formula is C26H28N2O6. The minimum absolute atomic E-state index is 0.00160. The van der Waals surface area contributed by atoms with Crippen LogP contribution < -0.4 is 5.32 Å². The van der Waals surface area contributed by atoms with Crippen LogP contribution in [0.4, 0.5) is 4.79 Å². The Balaban J connectivity index is 1.11. The summed E-state index contributed by atoms with van der Waals surface area (Å²) in [5.74, 6) is -1.32. The number of ether oxygens (including phenoxy) is 2. The summed E-state index contributed by atoms with van der Waals surface area (Å²) in [5, 5.41) is 12.1. The Hall–Kier alpha value is -3.39. The molecule has 2 aliphatic carbocycles. The molecule has 5 rings (SSSR count). The third kappa shape index (κ3) is 4.14. The lowest BCUT2D eigenvalue weighted by Gasteiger charge is -2.37. The number of hydrogen-bond acceptors (Lipinski definition) is 5. The molecule has 0 bridgehead atoms. The van der Waals surface area contributed by atoms with Crippen molar-refractivity contribution in [3.63, 3.8) is 0 Å². The van der Waals surface area contributed by atoms with Crippen LogP contribution in [0.25, 0.3) is 11.1 Å². The van der Waals surface area contributed by atoms with E-state index in [1.165, 1.54) is 18.1 Å². The third-order valence-corrected chi connectivity index (χ3v) is 7.13. The lowest BCUT2D eigenvalue weighted by atomic mass is 9.98. The number of carboxylic acids is 1. The van der Waals surface area contributed by atoms with E-state index in [4.69, 9.17) is 9.47 Å². The summed E-state index contributed by atoms with van der Waals surface area (Å²) < 4.78 is 10.9. The Labute approximate surface area is 197 Å². The van der Waals surface area contributed by atoms with E-state index < -0.39 is 17.7 Å². The van der Waals surface area contributed by atoms with Crippen LogP contribution in [0.15, 0.2) is 48.5 Å². The molecule has 2 aromatic rings. The highest BCUT2D eigenvalue weighted by Crippen LogP contribution is 2.44. The number of alkyl carbamates (subject to hydrolysis) is 1. The molecule has 1 saturated heterocycles. The van der Waals surface area contributed by atoms with Gasteiger partial charge in [0.2, 0.25) is 5.91 Å². The van der Waals surface area contributed by atoms with Crippen molar-refractivity contribution in [1.82, 2.24) is 10.2 Å². The fourth-order valence-corrected chi connectivity index (χ4v) is 5.06. The van der Waals surface area contributed by atoms with Crippen molar-refractivity contribution in [2.24, 2.45) is 11.8 Å². The summed E-state index contributed by atoms with van der Waals surface area (Å²) >= 11 is 0. The van der Waals surface area contributed by atoms with Gasteiger partial charge in [0, 0.05) is 24.9 Å². The highest BCUT2D eigenvalue weighted by molar-refractivity contribution is 5.84. The van der Waals surface area contributed by atoms with E-state index in [2.05, 4.69) is 29.6 Å². The minimum atomic E-state index is -1.38. The number of benzene rings is 2. The summed E-state index contributed by atoms with van der Waals surface area (Å²) in [6.07, 6.45) is 0.175. The van der Waals surface area contributed by atoms with E-state index in [-0.39, 0.29) is 43.4 Å². The minimum Gasteiger partial charge on any atom is -0.479 e. The van der Waals surface area contributed by atoms with Crippen LogP contribution in [0.2, 0.25) is 0 Å². The Bertz CT molecular complexity index is 1090. The van der Waals surface area contributed by atoms with Gasteiger partial charge in [-0.05, 0) is 41.5 Å². The Kier molecular flexibility index (Phi) is 5.77. The first-order valence-corrected chi connectivity index (χ1v) is 11.6. The molecule has 0 radical (unpaired) electrons. The molecule has 0 spiro atoms. The summed E-state index contributed by atoms with van der Waals surface area (Å²) in [5.41, 5.74) is 3.28. The van der Waals surface area contributed by atoms with Gasteiger partial charge in [-0.2, -0.15) is 0 Å². The van der Waals surface area contributed by atoms with Crippen LogP contribution in [0.1, 0.15) is 30.4 Å². The van der Waals surface area contributed by atoms with E-state index in [9.17, 15) is 19.5 Å². The highest BCUT2D eigenvalue weighted by Gasteiger charge is 2.48. The maximum atomic E-state index is 12.8. The maximum Gasteiger partial charge on any atom is 0.407 e. The number of amides is 2. The topological polar surface area (TPSA) is 105 Å². The van der Waals surface area contributed by atoms with Gasteiger partial charge in [-0.3, -0.25) is 4.79 Å². The molecule has 2 N–H and O–H groups in total. The number of nitrogens with one attached hydrogen (secondary N) is 1. The normalized spacial score (nSPS) is 25.3. The standard InChI is InChI=1S/C26H28N2O6/c1-26(24(30)31)15-28(10-11-34-26)23(29)21-12-16(21)13-27-25(32)33-14-22-19-8-4-2-6-17(19)18-7-3-5-9-20(18)22/h2-9,16,21-22H,10-15H2,1H3,(H,27,32)(H,30,31). The van der Waals surface area contributed by atoms with E-state index in [0.717, 1.165) is 11.1 Å². The van der Waals surface area contributed by atoms with Gasteiger partial charge in [0.1, 0.15) is 6.61 Å². The van der Waals surface area contributed by atoms with E-state index in [0.29, 0.717) is 19.5 Å². The second-order valence-electron chi connectivity index (χ2n) is 9.45. The van der Waals surface area contributed by atoms with Crippen LogP contribution in [-0.4, -0.2) is 66.4 Å². The largest absolute Gasteiger partial charge is 0.479 e. The highest BCUT2D eigenvalue weighted by atomic mass is 16.5. The van der Waals surface area contributed by atoms with E-state index in [1.807, 2.05) is 24.3 Å². The predicted molar refractivity (Wildman–Crippen MR) is 123 cm³/mol. The molecule has 3 aliphatic rings. The summed E-state index contributed by atoms with van der Waals surface area (Å²) in [6, 6.07) is 16.3. The molecule has 8 nitrogen and oxygen atoms in total. The molecular weight excluding hydrogens is 436 g/mol. The van der Waals surface area contributed by atoms with Crippen LogP contribution in [-0.2, 0) is 19.1 Å².